The number of amides is 1. The molecule has 1 atom stereocenters. The molecule has 0 aliphatic carbocycles. The van der Waals surface area contributed by atoms with E-state index in [9.17, 15) is 14.3 Å². The molecule has 0 radical (unpaired) electrons. The molecule has 4 nitrogen and oxygen atoms in total. The minimum Gasteiger partial charge on any atom is -0.365 e. The van der Waals surface area contributed by atoms with Crippen LogP contribution in [0.2, 0.25) is 0 Å². The molecule has 0 spiro atoms. The van der Waals surface area contributed by atoms with E-state index in [2.05, 4.69) is 5.10 Å². The summed E-state index contributed by atoms with van der Waals surface area (Å²) < 4.78 is 13.1. The maximum absolute atomic E-state index is 13.1. The Morgan fingerprint density at radius 1 is 1.22 bits per heavy atom. The summed E-state index contributed by atoms with van der Waals surface area (Å²) in [6.45, 7) is 1.75. The van der Waals surface area contributed by atoms with Crippen LogP contribution in [0, 0.1) is 5.82 Å². The second-order valence-corrected chi connectivity index (χ2v) is 5.70. The van der Waals surface area contributed by atoms with E-state index in [1.165, 1.54) is 24.3 Å². The van der Waals surface area contributed by atoms with Gasteiger partial charge in [0.1, 0.15) is 5.82 Å². The summed E-state index contributed by atoms with van der Waals surface area (Å²) in [7, 11) is 0. The van der Waals surface area contributed by atoms with Gasteiger partial charge in [-0.2, -0.15) is 10.1 Å². The van der Waals surface area contributed by atoms with Crippen molar-refractivity contribution in [1.29, 1.82) is 0 Å². The van der Waals surface area contributed by atoms with Crippen LogP contribution < -0.4 is 0 Å². The molecule has 2 aromatic rings. The van der Waals surface area contributed by atoms with E-state index in [1.54, 1.807) is 6.92 Å². The summed E-state index contributed by atoms with van der Waals surface area (Å²) >= 11 is 0. The predicted molar refractivity (Wildman–Crippen MR) is 85.0 cm³/mol. The molecule has 2 aromatic carbocycles. The molecule has 0 fully saturated rings. The summed E-state index contributed by atoms with van der Waals surface area (Å²) in [5.41, 5.74) is 0.377. The van der Waals surface area contributed by atoms with E-state index < -0.39 is 11.5 Å². The highest BCUT2D eigenvalue weighted by molar-refractivity contribution is 5.89. The van der Waals surface area contributed by atoms with Crippen LogP contribution >= 0.6 is 0 Å². The number of benzene rings is 2. The largest absolute Gasteiger partial charge is 0.365 e. The molecule has 1 aliphatic rings. The van der Waals surface area contributed by atoms with Gasteiger partial charge in [-0.05, 0) is 24.6 Å². The molecular weight excluding hydrogens is 295 g/mol. The summed E-state index contributed by atoms with van der Waals surface area (Å²) in [5.74, 6) is -0.699. The van der Waals surface area contributed by atoms with Crippen LogP contribution in [0.5, 0.6) is 0 Å². The molecule has 0 saturated heterocycles. The van der Waals surface area contributed by atoms with Crippen LogP contribution in [0.15, 0.2) is 59.7 Å². The molecule has 1 heterocycles. The first-order chi connectivity index (χ1) is 11.0. The van der Waals surface area contributed by atoms with Gasteiger partial charge in [0.15, 0.2) is 5.72 Å². The van der Waals surface area contributed by atoms with Gasteiger partial charge in [0.25, 0.3) is 0 Å². The highest BCUT2D eigenvalue weighted by Gasteiger charge is 2.44. The van der Waals surface area contributed by atoms with Crippen molar-refractivity contribution in [2.45, 2.75) is 25.5 Å². The van der Waals surface area contributed by atoms with Crippen molar-refractivity contribution in [3.63, 3.8) is 0 Å². The van der Waals surface area contributed by atoms with Gasteiger partial charge >= 0.3 is 0 Å². The van der Waals surface area contributed by atoms with E-state index in [4.69, 9.17) is 0 Å². The Morgan fingerprint density at radius 2 is 1.87 bits per heavy atom. The van der Waals surface area contributed by atoms with Crippen LogP contribution in [0.1, 0.15) is 24.5 Å². The molecule has 0 aromatic heterocycles. The van der Waals surface area contributed by atoms with E-state index in [-0.39, 0.29) is 18.7 Å². The third-order valence-electron chi connectivity index (χ3n) is 3.86. The third-order valence-corrected chi connectivity index (χ3v) is 3.86. The molecule has 23 heavy (non-hydrogen) atoms. The van der Waals surface area contributed by atoms with E-state index >= 15 is 0 Å². The van der Waals surface area contributed by atoms with Gasteiger partial charge < -0.3 is 5.11 Å². The van der Waals surface area contributed by atoms with Crippen molar-refractivity contribution in [1.82, 2.24) is 5.01 Å². The zero-order valence-corrected chi connectivity index (χ0v) is 12.7. The van der Waals surface area contributed by atoms with E-state index in [0.717, 1.165) is 10.6 Å². The quantitative estimate of drug-likeness (QED) is 0.947. The molecule has 1 amide bonds. The Labute approximate surface area is 133 Å². The topological polar surface area (TPSA) is 52.9 Å². The van der Waals surface area contributed by atoms with Crippen molar-refractivity contribution in [3.05, 3.63) is 71.5 Å². The van der Waals surface area contributed by atoms with Crippen molar-refractivity contribution >= 4 is 11.6 Å². The van der Waals surface area contributed by atoms with Gasteiger partial charge in [-0.25, -0.2) is 4.39 Å². The number of carbonyl (C=O) groups is 1. The number of hydrogen-bond donors (Lipinski definition) is 1. The summed E-state index contributed by atoms with van der Waals surface area (Å²) in [6, 6.07) is 14.8. The third kappa shape index (κ3) is 3.00. The number of nitrogens with zero attached hydrogens (tertiary/aromatic N) is 2. The monoisotopic (exact) mass is 312 g/mol. The minimum absolute atomic E-state index is 0.140. The molecule has 0 bridgehead atoms. The minimum atomic E-state index is -1.57. The summed E-state index contributed by atoms with van der Waals surface area (Å²) in [6.07, 6.45) is 0.348. The molecule has 1 N–H and O–H groups in total. The fourth-order valence-electron chi connectivity index (χ4n) is 2.77. The first-order valence-electron chi connectivity index (χ1n) is 7.38. The predicted octanol–water partition coefficient (Wildman–Crippen LogP) is 2.82. The highest BCUT2D eigenvalue weighted by atomic mass is 19.1. The lowest BCUT2D eigenvalue weighted by molar-refractivity contribution is -0.157. The Morgan fingerprint density at radius 3 is 2.52 bits per heavy atom. The van der Waals surface area contributed by atoms with Gasteiger partial charge in [0, 0.05) is 17.7 Å². The van der Waals surface area contributed by atoms with Crippen LogP contribution in [-0.4, -0.2) is 21.7 Å². The SMILES string of the molecule is CC1=NN(C(=O)Cc2ccccc2)[C@@](O)(c2ccc(F)cc2)C1. The second-order valence-electron chi connectivity index (χ2n) is 5.70. The van der Waals surface area contributed by atoms with E-state index in [0.29, 0.717) is 11.3 Å². The van der Waals surface area contributed by atoms with Gasteiger partial charge in [0.05, 0.1) is 6.42 Å². The van der Waals surface area contributed by atoms with Crippen molar-refractivity contribution in [3.8, 4) is 0 Å². The van der Waals surface area contributed by atoms with Crippen LogP contribution in [0.4, 0.5) is 4.39 Å². The fourth-order valence-corrected chi connectivity index (χ4v) is 2.77. The number of carbonyl (C=O) groups excluding carboxylic acids is 1. The lowest BCUT2D eigenvalue weighted by atomic mass is 9.97. The average molecular weight is 312 g/mol. The Balaban J connectivity index is 1.89. The number of halogens is 1. The van der Waals surface area contributed by atoms with Gasteiger partial charge in [0.2, 0.25) is 5.91 Å². The molecule has 1 aliphatic heterocycles. The highest BCUT2D eigenvalue weighted by Crippen LogP contribution is 2.35. The Kier molecular flexibility index (Phi) is 3.96. The van der Waals surface area contributed by atoms with E-state index in [1.807, 2.05) is 30.3 Å². The van der Waals surface area contributed by atoms with Crippen LogP contribution in [0.3, 0.4) is 0 Å². The molecule has 0 unspecified atom stereocenters. The van der Waals surface area contributed by atoms with Crippen LogP contribution in [-0.2, 0) is 16.9 Å². The number of hydrazone groups is 1. The zero-order chi connectivity index (χ0) is 16.4. The molecule has 3 rings (SSSR count). The van der Waals surface area contributed by atoms with Crippen LogP contribution in [0.25, 0.3) is 0 Å². The zero-order valence-electron chi connectivity index (χ0n) is 12.7. The lowest BCUT2D eigenvalue weighted by Gasteiger charge is -2.31. The molecular formula is C18H17FN2O2. The average Bonchev–Trinajstić information content (AvgIpc) is 2.85. The maximum atomic E-state index is 13.1. The standard InChI is InChI=1S/C18H17FN2O2/c1-13-12-18(23,15-7-9-16(19)10-8-15)21(20-13)17(22)11-14-5-3-2-4-6-14/h2-10,23H,11-12H2,1H3/t18-/m0/s1. The summed E-state index contributed by atoms with van der Waals surface area (Å²) in [5, 5.41) is 16.3. The normalized spacial score (nSPS) is 20.5. The maximum Gasteiger partial charge on any atom is 0.250 e. The van der Waals surface area contributed by atoms with Gasteiger partial charge in [-0.15, -0.1) is 0 Å². The second kappa shape index (κ2) is 5.93. The first-order valence-corrected chi connectivity index (χ1v) is 7.38. The summed E-state index contributed by atoms with van der Waals surface area (Å²) in [4.78, 5) is 12.6. The van der Waals surface area contributed by atoms with Crippen molar-refractivity contribution < 1.29 is 14.3 Å². The van der Waals surface area contributed by atoms with Gasteiger partial charge in [-0.3, -0.25) is 4.79 Å². The molecule has 0 saturated carbocycles. The lowest BCUT2D eigenvalue weighted by Crippen LogP contribution is -2.44. The molecule has 118 valence electrons. The molecule has 5 heteroatoms. The Hall–Kier alpha value is -2.53. The number of aliphatic hydroxyl groups is 1. The first kappa shape index (κ1) is 15.4. The fraction of sp³-hybridized carbons (Fsp3) is 0.222. The number of hydrogen-bond acceptors (Lipinski definition) is 3. The number of rotatable bonds is 3. The van der Waals surface area contributed by atoms with Gasteiger partial charge in [-0.1, -0.05) is 42.5 Å². The Bertz CT molecular complexity index is 743. The van der Waals surface area contributed by atoms with Crippen molar-refractivity contribution in [2.75, 3.05) is 0 Å². The smallest absolute Gasteiger partial charge is 0.250 e. The van der Waals surface area contributed by atoms with Crippen molar-refractivity contribution in [2.24, 2.45) is 5.10 Å².